The molecule has 20 heavy (non-hydrogen) atoms. The lowest BCUT2D eigenvalue weighted by Gasteiger charge is -2.29. The summed E-state index contributed by atoms with van der Waals surface area (Å²) in [4.78, 5) is 0. The van der Waals surface area contributed by atoms with Crippen LogP contribution in [0.4, 0.5) is 0 Å². The average Bonchev–Trinajstić information content (AvgIpc) is 2.45. The minimum atomic E-state index is 0.0502. The number of ether oxygens (including phenoxy) is 1. The second-order valence-corrected chi connectivity index (χ2v) is 6.38. The summed E-state index contributed by atoms with van der Waals surface area (Å²) in [5, 5.41) is 4.28. The van der Waals surface area contributed by atoms with Crippen molar-refractivity contribution in [1.29, 1.82) is 0 Å². The molecule has 0 aromatic heterocycles. The van der Waals surface area contributed by atoms with Gasteiger partial charge < -0.3 is 10.1 Å². The first-order valence-corrected chi connectivity index (χ1v) is 8.18. The predicted octanol–water partition coefficient (Wildman–Crippen LogP) is 4.73. The Hall–Kier alpha value is -0.570. The van der Waals surface area contributed by atoms with Crippen LogP contribution in [0.25, 0.3) is 0 Å². The highest BCUT2D eigenvalue weighted by Crippen LogP contribution is 2.30. The third-order valence-electron chi connectivity index (χ3n) is 3.87. The summed E-state index contributed by atoms with van der Waals surface area (Å²) in [6.07, 6.45) is 6.73. The summed E-state index contributed by atoms with van der Waals surface area (Å²) in [6.45, 7) is 5.13. The van der Waals surface area contributed by atoms with Crippen LogP contribution >= 0.6 is 11.6 Å². The number of nitrogens with one attached hydrogen (secondary N) is 1. The van der Waals surface area contributed by atoms with E-state index in [1.54, 1.807) is 0 Å². The van der Waals surface area contributed by atoms with Gasteiger partial charge in [0.1, 0.15) is 0 Å². The molecule has 112 valence electrons. The van der Waals surface area contributed by atoms with Crippen molar-refractivity contribution >= 4 is 11.6 Å². The van der Waals surface area contributed by atoms with Crippen molar-refractivity contribution < 1.29 is 4.74 Å². The lowest BCUT2D eigenvalue weighted by atomic mass is 9.97. The van der Waals surface area contributed by atoms with Crippen molar-refractivity contribution in [3.05, 3.63) is 34.9 Å². The Kier molecular flexibility index (Phi) is 6.34. The number of benzene rings is 1. The minimum absolute atomic E-state index is 0.0502. The van der Waals surface area contributed by atoms with E-state index < -0.39 is 0 Å². The fourth-order valence-electron chi connectivity index (χ4n) is 2.74. The third-order valence-corrected chi connectivity index (χ3v) is 4.22. The molecule has 1 saturated carbocycles. The second kappa shape index (κ2) is 8.02. The van der Waals surface area contributed by atoms with Gasteiger partial charge in [-0.1, -0.05) is 62.9 Å². The van der Waals surface area contributed by atoms with Crippen molar-refractivity contribution in [3.63, 3.8) is 0 Å². The maximum absolute atomic E-state index is 6.36. The molecular weight excluding hydrogens is 270 g/mol. The molecule has 1 aromatic rings. The summed E-state index contributed by atoms with van der Waals surface area (Å²) in [6, 6.07) is 8.49. The molecule has 0 bridgehead atoms. The number of halogens is 1. The van der Waals surface area contributed by atoms with E-state index in [0.29, 0.717) is 12.1 Å². The molecule has 1 N–H and O–H groups in total. The molecule has 1 aliphatic rings. The normalized spacial score (nSPS) is 18.4. The number of rotatable bonds is 6. The Morgan fingerprint density at radius 2 is 1.90 bits per heavy atom. The molecule has 2 rings (SSSR count). The van der Waals surface area contributed by atoms with Crippen LogP contribution in [-0.4, -0.2) is 18.7 Å². The third kappa shape index (κ3) is 4.76. The van der Waals surface area contributed by atoms with E-state index >= 15 is 0 Å². The molecule has 0 saturated heterocycles. The highest BCUT2D eigenvalue weighted by molar-refractivity contribution is 6.31. The van der Waals surface area contributed by atoms with E-state index in [1.807, 2.05) is 18.2 Å². The first kappa shape index (κ1) is 15.8. The molecule has 0 amide bonds. The first-order valence-electron chi connectivity index (χ1n) is 7.80. The zero-order valence-electron chi connectivity index (χ0n) is 12.6. The summed E-state index contributed by atoms with van der Waals surface area (Å²) in [7, 11) is 0. The van der Waals surface area contributed by atoms with Gasteiger partial charge in [0.15, 0.2) is 0 Å². The topological polar surface area (TPSA) is 21.3 Å². The summed E-state index contributed by atoms with van der Waals surface area (Å²) in [5.74, 6) is 0. The standard InChI is InChI=1S/C17H26ClNO/c1-13(2)19-12-17(15-10-6-7-11-16(15)18)20-14-8-4-3-5-9-14/h6-7,10-11,13-14,17,19H,3-5,8-9,12H2,1-2H3. The van der Waals surface area contributed by atoms with Crippen molar-refractivity contribution in [2.75, 3.05) is 6.54 Å². The van der Waals surface area contributed by atoms with Crippen molar-refractivity contribution in [3.8, 4) is 0 Å². The van der Waals surface area contributed by atoms with Gasteiger partial charge in [-0.2, -0.15) is 0 Å². The molecule has 1 unspecified atom stereocenters. The predicted molar refractivity (Wildman–Crippen MR) is 85.3 cm³/mol. The maximum Gasteiger partial charge on any atom is 0.0967 e. The number of hydrogen-bond donors (Lipinski definition) is 1. The van der Waals surface area contributed by atoms with Gasteiger partial charge in [0.25, 0.3) is 0 Å². The summed E-state index contributed by atoms with van der Waals surface area (Å²) in [5.41, 5.74) is 1.10. The zero-order chi connectivity index (χ0) is 14.4. The average molecular weight is 296 g/mol. The van der Waals surface area contributed by atoms with Crippen LogP contribution in [-0.2, 0) is 4.74 Å². The fraction of sp³-hybridized carbons (Fsp3) is 0.647. The summed E-state index contributed by atoms with van der Waals surface area (Å²) < 4.78 is 6.36. The van der Waals surface area contributed by atoms with Gasteiger partial charge in [0.05, 0.1) is 12.2 Å². The molecule has 1 aromatic carbocycles. The van der Waals surface area contributed by atoms with Gasteiger partial charge in [-0.15, -0.1) is 0 Å². The van der Waals surface area contributed by atoms with Crippen LogP contribution in [0.1, 0.15) is 57.6 Å². The molecule has 3 heteroatoms. The van der Waals surface area contributed by atoms with Gasteiger partial charge in [0.2, 0.25) is 0 Å². The molecule has 1 aliphatic carbocycles. The van der Waals surface area contributed by atoms with Crippen molar-refractivity contribution in [1.82, 2.24) is 5.32 Å². The lowest BCUT2D eigenvalue weighted by molar-refractivity contribution is -0.0312. The van der Waals surface area contributed by atoms with E-state index in [0.717, 1.165) is 17.1 Å². The Labute approximate surface area is 127 Å². The van der Waals surface area contributed by atoms with E-state index in [9.17, 15) is 0 Å². The largest absolute Gasteiger partial charge is 0.369 e. The van der Waals surface area contributed by atoms with E-state index in [2.05, 4.69) is 25.2 Å². The molecule has 1 fully saturated rings. The first-order chi connectivity index (χ1) is 9.66. The molecule has 0 aliphatic heterocycles. The minimum Gasteiger partial charge on any atom is -0.369 e. The molecular formula is C17H26ClNO. The molecule has 0 radical (unpaired) electrons. The fourth-order valence-corrected chi connectivity index (χ4v) is 3.00. The van der Waals surface area contributed by atoms with Crippen molar-refractivity contribution in [2.24, 2.45) is 0 Å². The van der Waals surface area contributed by atoms with E-state index in [1.165, 1.54) is 32.1 Å². The zero-order valence-corrected chi connectivity index (χ0v) is 13.3. The summed E-state index contributed by atoms with van der Waals surface area (Å²) >= 11 is 6.34. The Bertz CT molecular complexity index is 402. The van der Waals surface area contributed by atoms with Gasteiger partial charge in [-0.25, -0.2) is 0 Å². The highest BCUT2D eigenvalue weighted by atomic mass is 35.5. The van der Waals surface area contributed by atoms with Crippen molar-refractivity contribution in [2.45, 2.75) is 64.2 Å². The van der Waals surface area contributed by atoms with Gasteiger partial charge in [0, 0.05) is 23.2 Å². The van der Waals surface area contributed by atoms with Crippen LogP contribution in [0.15, 0.2) is 24.3 Å². The van der Waals surface area contributed by atoms with Gasteiger partial charge in [-0.3, -0.25) is 0 Å². The van der Waals surface area contributed by atoms with Crippen LogP contribution in [0.2, 0.25) is 5.02 Å². The SMILES string of the molecule is CC(C)NCC(OC1CCCCC1)c1ccccc1Cl. The van der Waals surface area contributed by atoms with Gasteiger partial charge >= 0.3 is 0 Å². The van der Waals surface area contributed by atoms with Crippen LogP contribution in [0.3, 0.4) is 0 Å². The second-order valence-electron chi connectivity index (χ2n) is 5.97. The highest BCUT2D eigenvalue weighted by Gasteiger charge is 2.22. The van der Waals surface area contributed by atoms with Crippen LogP contribution in [0, 0.1) is 0 Å². The smallest absolute Gasteiger partial charge is 0.0967 e. The molecule has 1 atom stereocenters. The van der Waals surface area contributed by atoms with Crippen LogP contribution in [0.5, 0.6) is 0 Å². The number of hydrogen-bond acceptors (Lipinski definition) is 2. The van der Waals surface area contributed by atoms with Gasteiger partial charge in [-0.05, 0) is 18.9 Å². The lowest BCUT2D eigenvalue weighted by Crippen LogP contribution is -2.31. The molecule has 2 nitrogen and oxygen atoms in total. The monoisotopic (exact) mass is 295 g/mol. The van der Waals surface area contributed by atoms with E-state index in [-0.39, 0.29) is 6.10 Å². The quantitative estimate of drug-likeness (QED) is 0.819. The Balaban J connectivity index is 2.05. The van der Waals surface area contributed by atoms with E-state index in [4.69, 9.17) is 16.3 Å². The van der Waals surface area contributed by atoms with Crippen LogP contribution < -0.4 is 5.32 Å². The molecule has 0 spiro atoms. The Morgan fingerprint density at radius 1 is 1.20 bits per heavy atom. The maximum atomic E-state index is 6.36. The Morgan fingerprint density at radius 3 is 2.55 bits per heavy atom. The molecule has 0 heterocycles.